The molecule has 4 nitrogen and oxygen atoms in total. The van der Waals surface area contributed by atoms with Crippen molar-refractivity contribution in [2.45, 2.75) is 32.7 Å². The van der Waals surface area contributed by atoms with Crippen LogP contribution in [0, 0.1) is 5.92 Å². The third-order valence-corrected chi connectivity index (χ3v) is 2.83. The molecule has 0 heterocycles. The van der Waals surface area contributed by atoms with Gasteiger partial charge in [0.25, 0.3) is 0 Å². The summed E-state index contributed by atoms with van der Waals surface area (Å²) in [5, 5.41) is 12.3. The van der Waals surface area contributed by atoms with Crippen molar-refractivity contribution in [3.8, 4) is 0 Å². The van der Waals surface area contributed by atoms with Gasteiger partial charge in [-0.25, -0.2) is 4.79 Å². The molecular formula is C14H18ClNO3. The highest BCUT2D eigenvalue weighted by atomic mass is 35.5. The maximum Gasteiger partial charge on any atom is 0.326 e. The topological polar surface area (TPSA) is 66.4 Å². The number of carboxylic acid groups (broad SMARTS) is 1. The molecule has 1 atom stereocenters. The molecule has 1 aromatic rings. The van der Waals surface area contributed by atoms with Gasteiger partial charge in [0.1, 0.15) is 6.04 Å². The average molecular weight is 284 g/mol. The predicted octanol–water partition coefficient (Wildman–Crippen LogP) is 2.50. The Kier molecular flexibility index (Phi) is 5.83. The van der Waals surface area contributed by atoms with Gasteiger partial charge in [-0.05, 0) is 23.6 Å². The molecule has 1 aromatic carbocycles. The largest absolute Gasteiger partial charge is 0.480 e. The third-order valence-electron chi connectivity index (χ3n) is 2.58. The summed E-state index contributed by atoms with van der Waals surface area (Å²) in [4.78, 5) is 22.8. The molecule has 0 aliphatic carbocycles. The first kappa shape index (κ1) is 15.5. The van der Waals surface area contributed by atoms with Crippen LogP contribution in [0.2, 0.25) is 5.02 Å². The molecule has 0 spiro atoms. The van der Waals surface area contributed by atoms with Crippen molar-refractivity contribution < 1.29 is 14.7 Å². The van der Waals surface area contributed by atoms with Gasteiger partial charge >= 0.3 is 5.97 Å². The molecule has 0 fully saturated rings. The Labute approximate surface area is 117 Å². The van der Waals surface area contributed by atoms with E-state index < -0.39 is 12.0 Å². The molecule has 0 unspecified atom stereocenters. The lowest BCUT2D eigenvalue weighted by atomic mass is 10.0. The molecule has 1 amide bonds. The van der Waals surface area contributed by atoms with Crippen LogP contribution in [-0.2, 0) is 16.0 Å². The van der Waals surface area contributed by atoms with Gasteiger partial charge in [-0.3, -0.25) is 4.79 Å². The maximum absolute atomic E-state index is 11.6. The summed E-state index contributed by atoms with van der Waals surface area (Å²) < 4.78 is 0. The fraction of sp³-hybridized carbons (Fsp3) is 0.429. The second-order valence-electron chi connectivity index (χ2n) is 4.89. The molecule has 0 aliphatic heterocycles. The molecule has 2 N–H and O–H groups in total. The number of carboxylic acids is 1. The van der Waals surface area contributed by atoms with Crippen LogP contribution in [0.3, 0.4) is 0 Å². The lowest BCUT2D eigenvalue weighted by Gasteiger charge is -2.15. The summed E-state index contributed by atoms with van der Waals surface area (Å²) in [7, 11) is 0. The Morgan fingerprint density at radius 2 is 1.84 bits per heavy atom. The smallest absolute Gasteiger partial charge is 0.326 e. The summed E-state index contributed by atoms with van der Waals surface area (Å²) in [6.07, 6.45) is 0.570. The Bertz CT molecular complexity index is 443. The first-order valence-corrected chi connectivity index (χ1v) is 6.53. The van der Waals surface area contributed by atoms with E-state index in [1.54, 1.807) is 24.3 Å². The molecular weight excluding hydrogens is 266 g/mol. The number of benzene rings is 1. The quantitative estimate of drug-likeness (QED) is 0.843. The highest BCUT2D eigenvalue weighted by molar-refractivity contribution is 6.30. The lowest BCUT2D eigenvalue weighted by molar-refractivity contribution is -0.141. The van der Waals surface area contributed by atoms with E-state index in [4.69, 9.17) is 16.7 Å². The van der Waals surface area contributed by atoms with E-state index in [2.05, 4.69) is 5.32 Å². The van der Waals surface area contributed by atoms with Crippen LogP contribution in [0.5, 0.6) is 0 Å². The molecule has 19 heavy (non-hydrogen) atoms. The van der Waals surface area contributed by atoms with Crippen LogP contribution in [0.15, 0.2) is 24.3 Å². The van der Waals surface area contributed by atoms with Crippen LogP contribution in [0.25, 0.3) is 0 Å². The number of carbonyl (C=O) groups excluding carboxylic acids is 1. The summed E-state index contributed by atoms with van der Waals surface area (Å²) in [5.41, 5.74) is 0.821. The van der Waals surface area contributed by atoms with Gasteiger partial charge in [0.2, 0.25) is 5.91 Å². The van der Waals surface area contributed by atoms with Gasteiger partial charge in [-0.2, -0.15) is 0 Å². The number of nitrogens with one attached hydrogen (secondary N) is 1. The fourth-order valence-electron chi connectivity index (χ4n) is 1.68. The number of amides is 1. The van der Waals surface area contributed by atoms with Crippen molar-refractivity contribution >= 4 is 23.5 Å². The maximum atomic E-state index is 11.6. The molecule has 0 saturated heterocycles. The first-order valence-electron chi connectivity index (χ1n) is 6.15. The van der Waals surface area contributed by atoms with Crippen molar-refractivity contribution in [3.63, 3.8) is 0 Å². The number of rotatable bonds is 6. The third kappa shape index (κ3) is 5.75. The zero-order valence-electron chi connectivity index (χ0n) is 11.0. The van der Waals surface area contributed by atoms with E-state index in [1.807, 2.05) is 13.8 Å². The number of aliphatic carboxylic acids is 1. The molecule has 0 saturated carbocycles. The number of hydrogen-bond donors (Lipinski definition) is 2. The second kappa shape index (κ2) is 7.14. The highest BCUT2D eigenvalue weighted by Crippen LogP contribution is 2.11. The molecule has 0 aliphatic rings. The first-order chi connectivity index (χ1) is 8.88. The Morgan fingerprint density at radius 1 is 1.26 bits per heavy atom. The Morgan fingerprint density at radius 3 is 2.32 bits per heavy atom. The average Bonchev–Trinajstić information content (AvgIpc) is 2.29. The van der Waals surface area contributed by atoms with E-state index in [0.29, 0.717) is 11.4 Å². The van der Waals surface area contributed by atoms with Gasteiger partial charge in [-0.15, -0.1) is 0 Å². The van der Waals surface area contributed by atoms with Gasteiger partial charge in [0, 0.05) is 17.9 Å². The highest BCUT2D eigenvalue weighted by Gasteiger charge is 2.20. The van der Waals surface area contributed by atoms with Crippen molar-refractivity contribution in [3.05, 3.63) is 34.9 Å². The summed E-state index contributed by atoms with van der Waals surface area (Å²) in [6, 6.07) is 6.00. The van der Waals surface area contributed by atoms with Crippen molar-refractivity contribution in [2.24, 2.45) is 5.92 Å². The lowest BCUT2D eigenvalue weighted by Crippen LogP contribution is -2.42. The molecule has 104 valence electrons. The van der Waals surface area contributed by atoms with Crippen molar-refractivity contribution in [1.29, 1.82) is 0 Å². The van der Waals surface area contributed by atoms with Crippen LogP contribution in [-0.4, -0.2) is 23.0 Å². The van der Waals surface area contributed by atoms with Crippen LogP contribution < -0.4 is 5.32 Å². The summed E-state index contributed by atoms with van der Waals surface area (Å²) >= 11 is 5.77. The van der Waals surface area contributed by atoms with Crippen molar-refractivity contribution in [2.75, 3.05) is 0 Å². The zero-order chi connectivity index (χ0) is 14.4. The van der Waals surface area contributed by atoms with Crippen molar-refractivity contribution in [1.82, 2.24) is 5.32 Å². The van der Waals surface area contributed by atoms with E-state index in [0.717, 1.165) is 5.56 Å². The Balaban J connectivity index is 2.65. The second-order valence-corrected chi connectivity index (χ2v) is 5.32. The van der Waals surface area contributed by atoms with E-state index >= 15 is 0 Å². The van der Waals surface area contributed by atoms with Gasteiger partial charge < -0.3 is 10.4 Å². The monoisotopic (exact) mass is 283 g/mol. The zero-order valence-corrected chi connectivity index (χ0v) is 11.8. The molecule has 5 heteroatoms. The van der Waals surface area contributed by atoms with Gasteiger partial charge in [0.15, 0.2) is 0 Å². The molecule has 1 rings (SSSR count). The Hall–Kier alpha value is -1.55. The number of carbonyl (C=O) groups is 2. The van der Waals surface area contributed by atoms with E-state index in [-0.39, 0.29) is 18.2 Å². The molecule has 0 aromatic heterocycles. The van der Waals surface area contributed by atoms with E-state index in [1.165, 1.54) is 0 Å². The SMILES string of the molecule is CC(C)CC(=O)N[C@H](Cc1ccc(Cl)cc1)C(=O)O. The minimum atomic E-state index is -1.04. The summed E-state index contributed by atoms with van der Waals surface area (Å²) in [6.45, 7) is 3.82. The molecule has 0 radical (unpaired) electrons. The molecule has 0 bridgehead atoms. The normalized spacial score (nSPS) is 12.2. The standard InChI is InChI=1S/C14H18ClNO3/c1-9(2)7-13(17)16-12(14(18)19)8-10-3-5-11(15)6-4-10/h3-6,9,12H,7-8H2,1-2H3,(H,16,17)(H,18,19)/t12-/m1/s1. The number of halogens is 1. The van der Waals surface area contributed by atoms with Gasteiger partial charge in [-0.1, -0.05) is 37.6 Å². The van der Waals surface area contributed by atoms with Crippen LogP contribution in [0.4, 0.5) is 0 Å². The predicted molar refractivity (Wildman–Crippen MR) is 74.2 cm³/mol. The fourth-order valence-corrected chi connectivity index (χ4v) is 1.81. The minimum absolute atomic E-state index is 0.199. The van der Waals surface area contributed by atoms with Crippen LogP contribution in [0.1, 0.15) is 25.8 Å². The van der Waals surface area contributed by atoms with E-state index in [9.17, 15) is 9.59 Å². The number of hydrogen-bond acceptors (Lipinski definition) is 2. The van der Waals surface area contributed by atoms with Crippen LogP contribution >= 0.6 is 11.6 Å². The minimum Gasteiger partial charge on any atom is -0.480 e. The van der Waals surface area contributed by atoms with Gasteiger partial charge in [0.05, 0.1) is 0 Å². The summed E-state index contributed by atoms with van der Waals surface area (Å²) in [5.74, 6) is -1.08.